The van der Waals surface area contributed by atoms with Gasteiger partial charge in [0.1, 0.15) is 171 Å². The largest absolute Gasteiger partial charge is 0.397 e. The van der Waals surface area contributed by atoms with E-state index >= 15 is 0 Å². The monoisotopic (exact) mass is 1270 g/mol. The second kappa shape index (κ2) is 29.9. The van der Waals surface area contributed by atoms with E-state index in [1.165, 1.54) is 0 Å². The fourth-order valence-electron chi connectivity index (χ4n) is 10.5. The predicted octanol–water partition coefficient (Wildman–Crippen LogP) is -16.3. The lowest BCUT2D eigenvalue weighted by molar-refractivity contribution is -0.396. The van der Waals surface area contributed by atoms with Gasteiger partial charge < -0.3 is 174 Å². The summed E-state index contributed by atoms with van der Waals surface area (Å²) < 4.78 is 110. The van der Waals surface area contributed by atoms with Crippen molar-refractivity contribution in [2.24, 2.45) is 0 Å². The van der Waals surface area contributed by atoms with Crippen LogP contribution in [0.4, 0.5) is 0 Å². The molecule has 496 valence electrons. The molecule has 0 radical (unpaired) electrons. The van der Waals surface area contributed by atoms with Gasteiger partial charge in [0.15, 0.2) is 44.0 Å². The molecule has 0 aliphatic carbocycles. The molecule has 0 spiro atoms. The van der Waals surface area contributed by atoms with Crippen molar-refractivity contribution in [1.82, 2.24) is 5.32 Å². The van der Waals surface area contributed by atoms with Crippen molar-refractivity contribution in [1.29, 1.82) is 0 Å². The van der Waals surface area contributed by atoms with Gasteiger partial charge in [0.2, 0.25) is 5.91 Å². The molecule has 7 aliphatic heterocycles. The highest BCUT2D eigenvalue weighted by atomic mass is 32.3. The Morgan fingerprint density at radius 2 is 0.694 bits per heavy atom. The molecule has 23 N–H and O–H groups in total. The molecule has 7 aliphatic rings. The molecule has 1 amide bonds. The molecule has 0 saturated carbocycles. The maximum absolute atomic E-state index is 12.6. The molecule has 0 aromatic heterocycles. The summed E-state index contributed by atoms with van der Waals surface area (Å²) in [5.74, 6) is -0.907. The Labute approximate surface area is 479 Å². The number of carbonyl (C=O) groups excluding carboxylic acids is 1. The third-order valence-corrected chi connectivity index (χ3v) is 15.6. The second-order valence-electron chi connectivity index (χ2n) is 20.8. The van der Waals surface area contributed by atoms with Crippen molar-refractivity contribution >= 4 is 16.3 Å². The molecule has 85 heavy (non-hydrogen) atoms. The highest BCUT2D eigenvalue weighted by Crippen LogP contribution is 2.38. The average Bonchev–Trinajstić information content (AvgIpc) is 2.48. The van der Waals surface area contributed by atoms with Crippen LogP contribution in [0.2, 0.25) is 0 Å². The number of nitrogens with one attached hydrogen (secondary N) is 1. The van der Waals surface area contributed by atoms with E-state index in [2.05, 4.69) is 9.50 Å². The first-order valence-electron chi connectivity index (χ1n) is 26.3. The van der Waals surface area contributed by atoms with Gasteiger partial charge in [-0.2, -0.15) is 8.42 Å². The van der Waals surface area contributed by atoms with E-state index in [0.29, 0.717) is 0 Å². The standard InChI is InChI=1S/C44H75NO39S/c1-9(52)45-17-23(58)32(79-44-31(66)37(84-85(68,69)70)21(56)13(5-49)76-44)15(7-51)77-39(17)71-8-16-22(57)36(30(65)43(78-16)80-33-14(6-50)72-38(67)26(61)25(33)60)83-42-29(64)35(20(55)12(4-48)75-42)82-41-28(63)34(19(54)11(3-47)74-41)81-40-27(62)24(59)18(53)10(2-46)73-40/h10-44,46-51,53-67H,2-8H2,1H3,(H,45,52)(H,68,69,70)/t10-,11-,12-,13-,14-,15-,16-,17-,18+,19+,20+,21+,22+,23-,24+,25-,26-,27-,28-,29-,30-,31-,32-,33-,34+,35+,36+,37+,38?,39-,40+,41+,42+,43+,44+/m1/s1. The minimum absolute atomic E-state index is 0.907. The molecule has 1 unspecified atom stereocenters. The molecule has 0 aromatic carbocycles. The molecular formula is C44H75NO39S. The highest BCUT2D eigenvalue weighted by Gasteiger charge is 2.59. The smallest absolute Gasteiger partial charge is 0.394 e. The van der Waals surface area contributed by atoms with Gasteiger partial charge in [-0.1, -0.05) is 0 Å². The van der Waals surface area contributed by atoms with Crippen LogP contribution < -0.4 is 5.32 Å². The van der Waals surface area contributed by atoms with Crippen molar-refractivity contribution in [2.45, 2.75) is 222 Å². The summed E-state index contributed by atoms with van der Waals surface area (Å²) in [5, 5.41) is 228. The van der Waals surface area contributed by atoms with Crippen LogP contribution in [0.3, 0.4) is 0 Å². The Kier molecular flexibility index (Phi) is 24.8. The van der Waals surface area contributed by atoms with Crippen molar-refractivity contribution in [3.8, 4) is 0 Å². The number of hydrogen-bond acceptors (Lipinski definition) is 38. The van der Waals surface area contributed by atoms with E-state index in [4.69, 9.17) is 61.6 Å². The van der Waals surface area contributed by atoms with Crippen molar-refractivity contribution in [3.63, 3.8) is 0 Å². The Morgan fingerprint density at radius 3 is 1.11 bits per heavy atom. The van der Waals surface area contributed by atoms with Gasteiger partial charge in [-0.05, 0) is 0 Å². The lowest BCUT2D eigenvalue weighted by Crippen LogP contribution is -2.69. The first-order chi connectivity index (χ1) is 40.0. The zero-order valence-corrected chi connectivity index (χ0v) is 45.2. The van der Waals surface area contributed by atoms with E-state index in [0.717, 1.165) is 6.92 Å². The van der Waals surface area contributed by atoms with E-state index in [1.54, 1.807) is 0 Å². The van der Waals surface area contributed by atoms with E-state index in [9.17, 15) is 125 Å². The first-order valence-corrected chi connectivity index (χ1v) is 27.7. The first kappa shape index (κ1) is 70.4. The Hall–Kier alpha value is -2.02. The van der Waals surface area contributed by atoms with Crippen LogP contribution in [-0.4, -0.2) is 387 Å². The third-order valence-electron chi connectivity index (χ3n) is 15.1. The quantitative estimate of drug-likeness (QED) is 0.0448. The highest BCUT2D eigenvalue weighted by molar-refractivity contribution is 7.80. The molecule has 7 heterocycles. The minimum atomic E-state index is -5.41. The van der Waals surface area contributed by atoms with Crippen LogP contribution in [0.5, 0.6) is 0 Å². The van der Waals surface area contributed by atoms with Crippen molar-refractivity contribution in [2.75, 3.05) is 46.2 Å². The van der Waals surface area contributed by atoms with Crippen LogP contribution in [0.25, 0.3) is 0 Å². The SMILES string of the molecule is CC(=O)N[C@H]1[C@H](OC[C@H]2O[C@@H](O[C@H]3[C@H](O)[C@@H](O)C(O)O[C@@H]3CO)[C@H](O)[C@@H](O[C@@H]3O[C@H](CO)[C@H](O)[C@H](O[C@@H]4O[C@H](CO)[C@H](O)[C@H](O[C@@H]5O[C@H](CO)[C@H](O)[C@H](O)[C@H]5O)[C@H]4O)[C@H]3O)[C@H]2O)O[C@H](CO)[C@@H](O[C@@H]2O[C@H](CO)[C@H](O)[C@H](OS(=O)(=O)O)[C@H]2O)[C@@H]1O. The second-order valence-corrected chi connectivity index (χ2v) is 21.9. The zero-order chi connectivity index (χ0) is 62.8. The lowest BCUT2D eigenvalue weighted by Gasteiger charge is -2.50. The van der Waals surface area contributed by atoms with E-state index in [1.807, 2.05) is 0 Å². The lowest BCUT2D eigenvalue weighted by atomic mass is 9.95. The van der Waals surface area contributed by atoms with Gasteiger partial charge in [0.25, 0.3) is 0 Å². The normalized spacial score (nSPS) is 50.2. The fourth-order valence-corrected chi connectivity index (χ4v) is 11.0. The third kappa shape index (κ3) is 15.5. The summed E-state index contributed by atoms with van der Waals surface area (Å²) in [4.78, 5) is 12.6. The van der Waals surface area contributed by atoms with Gasteiger partial charge in [0, 0.05) is 6.92 Å². The number of carbonyl (C=O) groups is 1. The van der Waals surface area contributed by atoms with Gasteiger partial charge >= 0.3 is 10.4 Å². The molecule has 40 nitrogen and oxygen atoms in total. The van der Waals surface area contributed by atoms with Crippen molar-refractivity contribution in [3.05, 3.63) is 0 Å². The van der Waals surface area contributed by atoms with Crippen LogP contribution in [0.1, 0.15) is 6.92 Å². The number of rotatable bonds is 22. The molecule has 7 rings (SSSR count). The van der Waals surface area contributed by atoms with Crippen LogP contribution >= 0.6 is 0 Å². The molecule has 41 heteroatoms. The molecule has 0 aromatic rings. The fraction of sp³-hybridized carbons (Fsp3) is 0.977. The number of hydrogen-bond donors (Lipinski definition) is 23. The minimum Gasteiger partial charge on any atom is -0.394 e. The zero-order valence-electron chi connectivity index (χ0n) is 44.3. The van der Waals surface area contributed by atoms with Gasteiger partial charge in [0.05, 0.1) is 46.2 Å². The van der Waals surface area contributed by atoms with Crippen molar-refractivity contribution < 1.29 is 191 Å². The van der Waals surface area contributed by atoms with E-state index < -0.39 is 277 Å². The summed E-state index contributed by atoms with van der Waals surface area (Å²) in [6.07, 6.45) is -70.3. The summed E-state index contributed by atoms with van der Waals surface area (Å²) >= 11 is 0. The number of ether oxygens (including phenoxy) is 13. The summed E-state index contributed by atoms with van der Waals surface area (Å²) in [6, 6.07) is -1.82. The van der Waals surface area contributed by atoms with Crippen LogP contribution in [0, 0.1) is 0 Å². The summed E-state index contributed by atoms with van der Waals surface area (Å²) in [6.45, 7) is -6.43. The van der Waals surface area contributed by atoms with Crippen LogP contribution in [-0.2, 0) is 81.0 Å². The summed E-state index contributed by atoms with van der Waals surface area (Å²) in [5.41, 5.74) is 0. The molecule has 0 bridgehead atoms. The molecule has 7 saturated heterocycles. The maximum atomic E-state index is 12.6. The van der Waals surface area contributed by atoms with E-state index in [-0.39, 0.29) is 0 Å². The summed E-state index contributed by atoms with van der Waals surface area (Å²) in [7, 11) is -5.41. The molecular weight excluding hydrogens is 1200 g/mol. The average molecular weight is 1270 g/mol. The predicted molar refractivity (Wildman–Crippen MR) is 254 cm³/mol. The maximum Gasteiger partial charge on any atom is 0.397 e. The number of amides is 1. The van der Waals surface area contributed by atoms with Crippen LogP contribution in [0.15, 0.2) is 0 Å². The molecule has 7 fully saturated rings. The van der Waals surface area contributed by atoms with Gasteiger partial charge in [-0.25, -0.2) is 4.18 Å². The topological polar surface area (TPSA) is 638 Å². The number of aliphatic hydroxyl groups excluding tert-OH is 21. The number of aliphatic hydroxyl groups is 21. The Bertz CT molecular complexity index is 2200. The molecule has 35 atom stereocenters. The Morgan fingerprint density at radius 1 is 0.365 bits per heavy atom. The van der Waals surface area contributed by atoms with Gasteiger partial charge in [-0.15, -0.1) is 0 Å². The Balaban J connectivity index is 1.14. The van der Waals surface area contributed by atoms with Gasteiger partial charge in [-0.3, -0.25) is 9.35 Å².